The molecule has 0 spiro atoms. The van der Waals surface area contributed by atoms with Crippen molar-refractivity contribution < 1.29 is 10.0 Å². The van der Waals surface area contributed by atoms with Gasteiger partial charge >= 0.3 is 0 Å². The van der Waals surface area contributed by atoms with Gasteiger partial charge in [0.05, 0.1) is 5.71 Å². The van der Waals surface area contributed by atoms with Gasteiger partial charge in [0.15, 0.2) is 0 Å². The highest BCUT2D eigenvalue weighted by atomic mass is 16.4. The van der Waals surface area contributed by atoms with E-state index >= 15 is 0 Å². The first-order valence-electron chi connectivity index (χ1n) is 7.19. The molecule has 0 fully saturated rings. The minimum absolute atomic E-state index is 0.0747. The number of rotatable bonds is 3. The summed E-state index contributed by atoms with van der Waals surface area (Å²) in [5.74, 6) is 0.133. The first kappa shape index (κ1) is 15.3. The standard InChI is InChI=1S/C17H22N2O2/c1-12-9-10-14(11-15(12)19-21)17(2,3)18-16(20)13-7-5-4-6-8-13/h4-9,14,21H,10-11H2,1-3H3,(H,18,20)/b19-15-/t14-/m1/s1. The Hall–Kier alpha value is -2.10. The van der Waals surface area contributed by atoms with Gasteiger partial charge in [0.2, 0.25) is 0 Å². The molecule has 1 aliphatic rings. The molecule has 1 atom stereocenters. The van der Waals surface area contributed by atoms with Gasteiger partial charge in [-0.1, -0.05) is 29.4 Å². The number of nitrogens with zero attached hydrogens (tertiary/aromatic N) is 1. The largest absolute Gasteiger partial charge is 0.411 e. The molecule has 1 aliphatic carbocycles. The number of benzene rings is 1. The third-order valence-electron chi connectivity index (χ3n) is 4.22. The molecule has 2 rings (SSSR count). The highest BCUT2D eigenvalue weighted by Gasteiger charge is 2.33. The molecule has 4 heteroatoms. The number of oxime groups is 1. The summed E-state index contributed by atoms with van der Waals surface area (Å²) in [5, 5.41) is 15.5. The maximum atomic E-state index is 12.3. The molecule has 0 heterocycles. The van der Waals surface area contributed by atoms with E-state index in [1.807, 2.05) is 39.0 Å². The Morgan fingerprint density at radius 1 is 1.33 bits per heavy atom. The molecule has 0 saturated carbocycles. The number of amides is 1. The fourth-order valence-corrected chi connectivity index (χ4v) is 2.64. The Labute approximate surface area is 125 Å². The van der Waals surface area contributed by atoms with Gasteiger partial charge in [0.25, 0.3) is 5.91 Å². The van der Waals surface area contributed by atoms with Gasteiger partial charge in [-0.25, -0.2) is 0 Å². The van der Waals surface area contributed by atoms with Crippen LogP contribution in [0.25, 0.3) is 0 Å². The molecule has 0 aliphatic heterocycles. The maximum absolute atomic E-state index is 12.3. The Morgan fingerprint density at radius 3 is 2.62 bits per heavy atom. The minimum atomic E-state index is -0.375. The van der Waals surface area contributed by atoms with Crippen molar-refractivity contribution >= 4 is 11.6 Å². The Balaban J connectivity index is 2.10. The zero-order chi connectivity index (χ0) is 15.5. The van der Waals surface area contributed by atoms with Crippen molar-refractivity contribution in [2.45, 2.75) is 39.2 Å². The van der Waals surface area contributed by atoms with E-state index in [9.17, 15) is 4.79 Å². The van der Waals surface area contributed by atoms with Gasteiger partial charge in [0, 0.05) is 11.1 Å². The molecule has 0 saturated heterocycles. The second kappa shape index (κ2) is 6.12. The van der Waals surface area contributed by atoms with E-state index in [-0.39, 0.29) is 17.4 Å². The van der Waals surface area contributed by atoms with Crippen LogP contribution in [0.5, 0.6) is 0 Å². The van der Waals surface area contributed by atoms with E-state index in [2.05, 4.69) is 16.5 Å². The zero-order valence-corrected chi connectivity index (χ0v) is 12.8. The van der Waals surface area contributed by atoms with Gasteiger partial charge in [-0.3, -0.25) is 4.79 Å². The second-order valence-electron chi connectivity index (χ2n) is 6.11. The van der Waals surface area contributed by atoms with Crippen molar-refractivity contribution in [3.63, 3.8) is 0 Å². The summed E-state index contributed by atoms with van der Waals surface area (Å²) in [5.41, 5.74) is 2.00. The lowest BCUT2D eigenvalue weighted by atomic mass is 9.76. The quantitative estimate of drug-likeness (QED) is 0.661. The molecule has 1 aromatic carbocycles. The van der Waals surface area contributed by atoms with Crippen molar-refractivity contribution in [1.29, 1.82) is 0 Å². The molecule has 4 nitrogen and oxygen atoms in total. The van der Waals surface area contributed by atoms with Crippen LogP contribution in [0, 0.1) is 5.92 Å². The molecule has 1 aromatic rings. The molecule has 2 N–H and O–H groups in total. The van der Waals surface area contributed by atoms with Crippen LogP contribution in [0.3, 0.4) is 0 Å². The van der Waals surface area contributed by atoms with Crippen molar-refractivity contribution in [2.75, 3.05) is 0 Å². The number of allylic oxidation sites excluding steroid dienone is 2. The van der Waals surface area contributed by atoms with Crippen molar-refractivity contribution in [1.82, 2.24) is 5.32 Å². The lowest BCUT2D eigenvalue weighted by Gasteiger charge is -2.37. The third-order valence-corrected chi connectivity index (χ3v) is 4.22. The van der Waals surface area contributed by atoms with Gasteiger partial charge < -0.3 is 10.5 Å². The average molecular weight is 286 g/mol. The molecule has 21 heavy (non-hydrogen) atoms. The molecule has 0 aromatic heterocycles. The molecular formula is C17H22N2O2. The fourth-order valence-electron chi connectivity index (χ4n) is 2.64. The van der Waals surface area contributed by atoms with Crippen LogP contribution in [0.1, 0.15) is 44.0 Å². The van der Waals surface area contributed by atoms with E-state index in [1.165, 1.54) is 0 Å². The Bertz CT molecular complexity index is 574. The number of carbonyl (C=O) groups is 1. The van der Waals surface area contributed by atoms with Crippen molar-refractivity contribution in [3.05, 3.63) is 47.5 Å². The number of carbonyl (C=O) groups excluding carboxylic acids is 1. The SMILES string of the molecule is CC1=CC[C@@H](C(C)(C)NC(=O)c2ccccc2)C/C1=N/O. The van der Waals surface area contributed by atoms with E-state index in [1.54, 1.807) is 12.1 Å². The summed E-state index contributed by atoms with van der Waals surface area (Å²) in [6.45, 7) is 5.98. The third kappa shape index (κ3) is 3.51. The van der Waals surface area contributed by atoms with Crippen LogP contribution in [0.4, 0.5) is 0 Å². The monoisotopic (exact) mass is 286 g/mol. The van der Waals surface area contributed by atoms with Crippen LogP contribution < -0.4 is 5.32 Å². The predicted octanol–water partition coefficient (Wildman–Crippen LogP) is 3.38. The summed E-state index contributed by atoms with van der Waals surface area (Å²) in [6.07, 6.45) is 3.60. The van der Waals surface area contributed by atoms with E-state index in [4.69, 9.17) is 5.21 Å². The second-order valence-corrected chi connectivity index (χ2v) is 6.11. The zero-order valence-electron chi connectivity index (χ0n) is 12.8. The maximum Gasteiger partial charge on any atom is 0.251 e. The summed E-state index contributed by atoms with van der Waals surface area (Å²) >= 11 is 0. The Morgan fingerprint density at radius 2 is 2.00 bits per heavy atom. The number of nitrogens with one attached hydrogen (secondary N) is 1. The number of hydrogen-bond acceptors (Lipinski definition) is 3. The average Bonchev–Trinajstić information content (AvgIpc) is 2.48. The summed E-state index contributed by atoms with van der Waals surface area (Å²) < 4.78 is 0. The molecular weight excluding hydrogens is 264 g/mol. The van der Waals surface area contributed by atoms with Crippen molar-refractivity contribution in [3.8, 4) is 0 Å². The first-order valence-corrected chi connectivity index (χ1v) is 7.19. The first-order chi connectivity index (χ1) is 9.94. The van der Waals surface area contributed by atoms with E-state index in [0.29, 0.717) is 17.7 Å². The lowest BCUT2D eigenvalue weighted by molar-refractivity contribution is 0.0881. The lowest BCUT2D eigenvalue weighted by Crippen LogP contribution is -2.50. The summed E-state index contributed by atoms with van der Waals surface area (Å²) in [7, 11) is 0. The van der Waals surface area contributed by atoms with Gasteiger partial charge in [-0.2, -0.15) is 0 Å². The van der Waals surface area contributed by atoms with Crippen LogP contribution in [-0.4, -0.2) is 22.4 Å². The van der Waals surface area contributed by atoms with Gasteiger partial charge in [-0.15, -0.1) is 0 Å². The van der Waals surface area contributed by atoms with Crippen molar-refractivity contribution in [2.24, 2.45) is 11.1 Å². The summed E-state index contributed by atoms with van der Waals surface area (Å²) in [6, 6.07) is 9.20. The minimum Gasteiger partial charge on any atom is -0.411 e. The highest BCUT2D eigenvalue weighted by molar-refractivity contribution is 6.00. The molecule has 0 radical (unpaired) electrons. The predicted molar refractivity (Wildman–Crippen MR) is 83.7 cm³/mol. The molecule has 0 unspecified atom stereocenters. The van der Waals surface area contributed by atoms with Crippen LogP contribution in [-0.2, 0) is 0 Å². The molecule has 1 amide bonds. The smallest absolute Gasteiger partial charge is 0.251 e. The Kier molecular flexibility index (Phi) is 4.46. The van der Waals surface area contributed by atoms with Gasteiger partial charge in [0.1, 0.15) is 0 Å². The van der Waals surface area contributed by atoms with E-state index in [0.717, 1.165) is 12.0 Å². The normalized spacial score (nSPS) is 21.0. The topological polar surface area (TPSA) is 61.7 Å². The van der Waals surface area contributed by atoms with Gasteiger partial charge in [-0.05, 0) is 57.2 Å². The molecule has 112 valence electrons. The van der Waals surface area contributed by atoms with E-state index < -0.39 is 0 Å². The molecule has 0 bridgehead atoms. The van der Waals surface area contributed by atoms with Crippen LogP contribution in [0.2, 0.25) is 0 Å². The number of hydrogen-bond donors (Lipinski definition) is 2. The summed E-state index contributed by atoms with van der Waals surface area (Å²) in [4.78, 5) is 12.3. The van der Waals surface area contributed by atoms with Crippen LogP contribution >= 0.6 is 0 Å². The van der Waals surface area contributed by atoms with Crippen LogP contribution in [0.15, 0.2) is 47.1 Å². The fraction of sp³-hybridized carbons (Fsp3) is 0.412. The highest BCUT2D eigenvalue weighted by Crippen LogP contribution is 2.30.